The van der Waals surface area contributed by atoms with E-state index in [0.717, 1.165) is 4.73 Å². The molecule has 2 N–H and O–H groups in total. The quantitative estimate of drug-likeness (QED) is 0.431. The molecule has 0 aliphatic heterocycles. The van der Waals surface area contributed by atoms with Gasteiger partial charge in [0.15, 0.2) is 23.4 Å². The topological polar surface area (TPSA) is 94.7 Å². The molecule has 1 heterocycles. The van der Waals surface area contributed by atoms with Crippen LogP contribution in [0.15, 0.2) is 42.5 Å². The van der Waals surface area contributed by atoms with Crippen LogP contribution in [0.3, 0.4) is 0 Å². The lowest BCUT2D eigenvalue weighted by molar-refractivity contribution is -0.433. The van der Waals surface area contributed by atoms with Gasteiger partial charge in [-0.25, -0.2) is 4.79 Å². The third-order valence-electron chi connectivity index (χ3n) is 3.09. The Morgan fingerprint density at radius 1 is 1.14 bits per heavy atom. The summed E-state index contributed by atoms with van der Waals surface area (Å²) in [5, 5.41) is 18.9. The van der Waals surface area contributed by atoms with Crippen molar-refractivity contribution in [2.75, 3.05) is 6.61 Å². The van der Waals surface area contributed by atoms with Crippen molar-refractivity contribution in [3.05, 3.63) is 47.4 Å². The van der Waals surface area contributed by atoms with Gasteiger partial charge in [0.05, 0.1) is 4.43 Å². The van der Waals surface area contributed by atoms with Crippen molar-refractivity contribution >= 4 is 28.0 Å². The summed E-state index contributed by atoms with van der Waals surface area (Å²) in [5.41, 5.74) is 0.890. The monoisotopic (exact) mass is 287 g/mol. The zero-order chi connectivity index (χ0) is 15.0. The van der Waals surface area contributed by atoms with Crippen LogP contribution in [0, 0.1) is 4.91 Å². The zero-order valence-corrected chi connectivity index (χ0v) is 10.8. The second kappa shape index (κ2) is 4.78. The Morgan fingerprint density at radius 2 is 1.86 bits per heavy atom. The number of fused-ring (bicyclic) bond motifs is 2. The van der Waals surface area contributed by atoms with Gasteiger partial charge in [-0.15, -0.1) is 0 Å². The number of ether oxygens (including phenoxy) is 1. The number of para-hydroxylation sites is 3. The molecule has 0 aliphatic carbocycles. The van der Waals surface area contributed by atoms with Crippen molar-refractivity contribution in [2.45, 2.75) is 0 Å². The van der Waals surface area contributed by atoms with Crippen molar-refractivity contribution in [1.29, 1.82) is 0 Å². The maximum atomic E-state index is 12.5. The van der Waals surface area contributed by atoms with Crippen molar-refractivity contribution < 1.29 is 24.3 Å². The zero-order valence-electron chi connectivity index (χ0n) is 10.8. The number of hydrogen-bond donors (Lipinski definition) is 2. The lowest BCUT2D eigenvalue weighted by atomic mass is 10.2. The molecule has 21 heavy (non-hydrogen) atoms. The minimum absolute atomic E-state index is 0.0694. The van der Waals surface area contributed by atoms with E-state index >= 15 is 0 Å². The standard InChI is InChI=1S/C14H10N2O5/c17-13(18)8-21-12-7-3-6-11-14(12)16(20)10-5-2-1-4-9(10)15(11)19/h1-7,19H,8H2/p+1. The van der Waals surface area contributed by atoms with Crippen molar-refractivity contribution in [3.63, 3.8) is 0 Å². The van der Waals surface area contributed by atoms with E-state index < -0.39 is 12.6 Å². The Bertz CT molecular complexity index is 916. The maximum Gasteiger partial charge on any atom is 0.341 e. The summed E-state index contributed by atoms with van der Waals surface area (Å²) in [5.74, 6) is -1.06. The average molecular weight is 287 g/mol. The van der Waals surface area contributed by atoms with Crippen LogP contribution in [0.4, 0.5) is 0 Å². The van der Waals surface area contributed by atoms with Crippen LogP contribution in [0.2, 0.25) is 0 Å². The van der Waals surface area contributed by atoms with Crippen LogP contribution in [0.5, 0.6) is 5.75 Å². The van der Waals surface area contributed by atoms with Crippen LogP contribution in [-0.4, -0.2) is 27.6 Å². The first kappa shape index (κ1) is 12.9. The van der Waals surface area contributed by atoms with E-state index in [0.29, 0.717) is 9.94 Å². The molecular weight excluding hydrogens is 276 g/mol. The highest BCUT2D eigenvalue weighted by Gasteiger charge is 2.22. The fourth-order valence-corrected chi connectivity index (χ4v) is 2.21. The fraction of sp³-hybridized carbons (Fsp3) is 0.0714. The number of nitrogens with zero attached hydrogens (tertiary/aromatic N) is 2. The molecule has 7 heteroatoms. The molecule has 2 aromatic carbocycles. The number of carboxylic acids is 1. The summed E-state index contributed by atoms with van der Waals surface area (Å²) in [6.45, 7) is -0.572. The summed E-state index contributed by atoms with van der Waals surface area (Å²) in [6, 6.07) is 11.1. The van der Waals surface area contributed by atoms with Crippen LogP contribution >= 0.6 is 0 Å². The van der Waals surface area contributed by atoms with E-state index in [4.69, 9.17) is 9.84 Å². The van der Waals surface area contributed by atoms with Gasteiger partial charge in [0.2, 0.25) is 0 Å². The van der Waals surface area contributed by atoms with Gasteiger partial charge in [-0.3, -0.25) is 0 Å². The Balaban J connectivity index is 2.38. The predicted molar refractivity (Wildman–Crippen MR) is 73.1 cm³/mol. The summed E-state index contributed by atoms with van der Waals surface area (Å²) >= 11 is 0. The number of benzene rings is 2. The molecule has 0 saturated heterocycles. The van der Waals surface area contributed by atoms with Gasteiger partial charge in [-0.05, 0) is 18.2 Å². The average Bonchev–Trinajstić information content (AvgIpc) is 2.50. The highest BCUT2D eigenvalue weighted by molar-refractivity contribution is 5.85. The summed E-state index contributed by atoms with van der Waals surface area (Å²) < 4.78 is 6.62. The molecule has 0 radical (unpaired) electrons. The SMILES string of the molecule is O=C(O)COc1cccc2c1[n+](=O)c1ccccc1n2O. The minimum Gasteiger partial charge on any atom is -0.479 e. The summed E-state index contributed by atoms with van der Waals surface area (Å²) in [4.78, 5) is 23.1. The number of rotatable bonds is 3. The molecule has 0 amide bonds. The van der Waals surface area contributed by atoms with E-state index in [-0.39, 0.29) is 22.3 Å². The first-order valence-electron chi connectivity index (χ1n) is 6.12. The summed E-state index contributed by atoms with van der Waals surface area (Å²) in [6.07, 6.45) is 0. The molecule has 3 aromatic rings. The van der Waals surface area contributed by atoms with Crippen LogP contribution in [0.25, 0.3) is 22.1 Å². The second-order valence-electron chi connectivity index (χ2n) is 4.40. The first-order valence-corrected chi connectivity index (χ1v) is 6.12. The van der Waals surface area contributed by atoms with Crippen molar-refractivity contribution in [1.82, 2.24) is 4.73 Å². The Labute approximate surface area is 117 Å². The molecule has 0 bridgehead atoms. The molecule has 106 valence electrons. The van der Waals surface area contributed by atoms with Crippen LogP contribution in [-0.2, 0) is 4.79 Å². The van der Waals surface area contributed by atoms with Gasteiger partial charge in [-0.2, -0.15) is 4.73 Å². The number of aliphatic carboxylic acids is 1. The Kier molecular flexibility index (Phi) is 2.94. The van der Waals surface area contributed by atoms with Crippen LogP contribution in [0.1, 0.15) is 0 Å². The third kappa shape index (κ3) is 2.04. The molecule has 0 fully saturated rings. The molecule has 0 atom stereocenters. The third-order valence-corrected chi connectivity index (χ3v) is 3.09. The largest absolute Gasteiger partial charge is 0.479 e. The lowest BCUT2D eigenvalue weighted by Gasteiger charge is -2.06. The van der Waals surface area contributed by atoms with Gasteiger partial charge in [0.25, 0.3) is 5.52 Å². The smallest absolute Gasteiger partial charge is 0.341 e. The van der Waals surface area contributed by atoms with E-state index in [1.807, 2.05) is 0 Å². The molecule has 7 nitrogen and oxygen atoms in total. The Hall–Kier alpha value is -3.09. The molecule has 0 saturated carbocycles. The van der Waals surface area contributed by atoms with Gasteiger partial charge in [0, 0.05) is 11.0 Å². The molecule has 1 aromatic heterocycles. The molecular formula is C14H11N2O5+. The number of carbonyl (C=O) groups is 1. The number of hydrogen-bond acceptors (Lipinski definition) is 4. The molecule has 0 aliphatic rings. The number of carboxylic acid groups (broad SMARTS) is 1. The fourth-order valence-electron chi connectivity index (χ4n) is 2.21. The highest BCUT2D eigenvalue weighted by Crippen LogP contribution is 2.24. The van der Waals surface area contributed by atoms with Crippen molar-refractivity contribution in [3.8, 4) is 5.75 Å². The molecule has 0 spiro atoms. The highest BCUT2D eigenvalue weighted by atomic mass is 16.5. The maximum absolute atomic E-state index is 12.5. The lowest BCUT2D eigenvalue weighted by Crippen LogP contribution is -2.22. The van der Waals surface area contributed by atoms with E-state index in [1.54, 1.807) is 36.4 Å². The number of aromatic nitrogens is 2. The molecule has 3 rings (SSSR count). The van der Waals surface area contributed by atoms with Gasteiger partial charge >= 0.3 is 11.5 Å². The molecule has 0 unspecified atom stereocenters. The minimum atomic E-state index is -1.15. The summed E-state index contributed by atoms with van der Waals surface area (Å²) in [7, 11) is 0. The van der Waals surface area contributed by atoms with E-state index in [9.17, 15) is 14.9 Å². The van der Waals surface area contributed by atoms with Gasteiger partial charge in [0.1, 0.15) is 0 Å². The van der Waals surface area contributed by atoms with Crippen molar-refractivity contribution in [2.24, 2.45) is 0 Å². The Morgan fingerprint density at radius 3 is 2.62 bits per heavy atom. The normalized spacial score (nSPS) is 10.9. The van der Waals surface area contributed by atoms with E-state index in [2.05, 4.69) is 0 Å². The van der Waals surface area contributed by atoms with E-state index in [1.165, 1.54) is 6.07 Å². The predicted octanol–water partition coefficient (Wildman–Crippen LogP) is 1.41. The van der Waals surface area contributed by atoms with Gasteiger partial charge in [-0.1, -0.05) is 18.2 Å². The first-order chi connectivity index (χ1) is 10.1. The second-order valence-corrected chi connectivity index (χ2v) is 4.40. The van der Waals surface area contributed by atoms with Crippen LogP contribution < -0.4 is 9.16 Å². The van der Waals surface area contributed by atoms with Gasteiger partial charge < -0.3 is 15.1 Å².